The van der Waals surface area contributed by atoms with E-state index in [2.05, 4.69) is 50.2 Å². The molecule has 0 saturated heterocycles. The molecule has 0 aliphatic carbocycles. The Morgan fingerprint density at radius 3 is 1.91 bits per heavy atom. The fraction of sp³-hybridized carbons (Fsp3) is 0.429. The molecule has 1 heteroatoms. The molecule has 0 saturated carbocycles. The zero-order valence-corrected chi connectivity index (χ0v) is 14.9. The molecule has 0 spiro atoms. The summed E-state index contributed by atoms with van der Waals surface area (Å²) in [7, 11) is 1.70. The molecule has 122 valence electrons. The number of para-hydroxylation sites is 1. The summed E-state index contributed by atoms with van der Waals surface area (Å²) in [5.74, 6) is 0.991. The highest BCUT2D eigenvalue weighted by Gasteiger charge is 1.95. The van der Waals surface area contributed by atoms with Crippen molar-refractivity contribution in [3.05, 3.63) is 65.7 Å². The van der Waals surface area contributed by atoms with Crippen LogP contribution in [0.4, 0.5) is 0 Å². The van der Waals surface area contributed by atoms with Crippen molar-refractivity contribution in [1.29, 1.82) is 0 Å². The fourth-order valence-corrected chi connectivity index (χ4v) is 2.02. The topological polar surface area (TPSA) is 9.23 Å². The standard InChI is InChI=1S/C10H14.C9H12O.C2H6/c1-2-3-7-10-8-5-4-6-9-10;1-3-8-6-4-5-7-9(8)10-2;1-2/h4-6,8-9H,2-3,7H2,1H3;4-7H,3H2,1-2H3;1-2H3. The normalized spacial score (nSPS) is 8.95. The number of methoxy groups -OCH3 is 1. The van der Waals surface area contributed by atoms with Gasteiger partial charge in [0.15, 0.2) is 0 Å². The summed E-state index contributed by atoms with van der Waals surface area (Å²) in [6.45, 7) is 8.35. The van der Waals surface area contributed by atoms with E-state index in [0.29, 0.717) is 0 Å². The molecular weight excluding hydrogens is 268 g/mol. The SMILES string of the molecule is CC.CCCCc1ccccc1.CCc1ccccc1OC. The highest BCUT2D eigenvalue weighted by molar-refractivity contribution is 5.32. The molecule has 0 N–H and O–H groups in total. The molecule has 0 bridgehead atoms. The summed E-state index contributed by atoms with van der Waals surface area (Å²) in [6, 6.07) is 18.7. The molecule has 0 heterocycles. The van der Waals surface area contributed by atoms with Gasteiger partial charge in [-0.15, -0.1) is 0 Å². The number of benzene rings is 2. The lowest BCUT2D eigenvalue weighted by Crippen LogP contribution is -1.88. The Balaban J connectivity index is 0.000000360. The van der Waals surface area contributed by atoms with E-state index < -0.39 is 0 Å². The Morgan fingerprint density at radius 2 is 1.41 bits per heavy atom. The number of hydrogen-bond donors (Lipinski definition) is 0. The first-order valence-electron chi connectivity index (χ1n) is 8.47. The van der Waals surface area contributed by atoms with Crippen molar-refractivity contribution >= 4 is 0 Å². The van der Waals surface area contributed by atoms with E-state index in [1.54, 1.807) is 7.11 Å². The molecule has 0 amide bonds. The van der Waals surface area contributed by atoms with Gasteiger partial charge in [-0.2, -0.15) is 0 Å². The van der Waals surface area contributed by atoms with Crippen LogP contribution in [0.3, 0.4) is 0 Å². The highest BCUT2D eigenvalue weighted by Crippen LogP contribution is 2.16. The number of hydrogen-bond acceptors (Lipinski definition) is 1. The van der Waals surface area contributed by atoms with Gasteiger partial charge in [0.2, 0.25) is 0 Å². The molecule has 0 aliphatic rings. The first kappa shape index (κ1) is 20.2. The van der Waals surface area contributed by atoms with Crippen LogP contribution >= 0.6 is 0 Å². The molecule has 0 aliphatic heterocycles. The van der Waals surface area contributed by atoms with Gasteiger partial charge in [0.25, 0.3) is 0 Å². The molecule has 2 rings (SSSR count). The third-order valence-corrected chi connectivity index (χ3v) is 3.24. The molecule has 2 aromatic carbocycles. The van der Waals surface area contributed by atoms with Crippen molar-refractivity contribution in [1.82, 2.24) is 0 Å². The second-order valence-electron chi connectivity index (χ2n) is 4.75. The van der Waals surface area contributed by atoms with Gasteiger partial charge in [-0.25, -0.2) is 0 Å². The minimum absolute atomic E-state index is 0.991. The summed E-state index contributed by atoms with van der Waals surface area (Å²) in [5.41, 5.74) is 2.73. The van der Waals surface area contributed by atoms with Gasteiger partial charge in [0, 0.05) is 0 Å². The van der Waals surface area contributed by atoms with E-state index >= 15 is 0 Å². The third kappa shape index (κ3) is 8.51. The predicted octanol–water partition coefficient (Wildman–Crippen LogP) is 6.31. The van der Waals surface area contributed by atoms with Crippen LogP contribution in [-0.4, -0.2) is 7.11 Å². The van der Waals surface area contributed by atoms with Crippen LogP contribution in [0.15, 0.2) is 54.6 Å². The molecule has 2 aromatic rings. The van der Waals surface area contributed by atoms with Crippen LogP contribution in [0.2, 0.25) is 0 Å². The van der Waals surface area contributed by atoms with Crippen LogP contribution in [0.5, 0.6) is 5.75 Å². The lowest BCUT2D eigenvalue weighted by molar-refractivity contribution is 0.410. The van der Waals surface area contributed by atoms with Gasteiger partial charge in [-0.3, -0.25) is 0 Å². The minimum atomic E-state index is 0.991. The first-order chi connectivity index (χ1) is 10.8. The number of aryl methyl sites for hydroxylation is 2. The number of rotatable bonds is 5. The largest absolute Gasteiger partial charge is 0.496 e. The lowest BCUT2D eigenvalue weighted by Gasteiger charge is -2.03. The van der Waals surface area contributed by atoms with Crippen LogP contribution in [0, 0.1) is 0 Å². The average Bonchev–Trinajstić information content (AvgIpc) is 2.63. The molecule has 0 radical (unpaired) electrons. The third-order valence-electron chi connectivity index (χ3n) is 3.24. The van der Waals surface area contributed by atoms with Crippen molar-refractivity contribution in [2.75, 3.05) is 7.11 Å². The fourth-order valence-electron chi connectivity index (χ4n) is 2.02. The molecule has 0 atom stereocenters. The Hall–Kier alpha value is -1.76. The van der Waals surface area contributed by atoms with Crippen molar-refractivity contribution in [2.24, 2.45) is 0 Å². The number of ether oxygens (including phenoxy) is 1. The molecule has 0 fully saturated rings. The Morgan fingerprint density at radius 1 is 0.818 bits per heavy atom. The number of unbranched alkanes of at least 4 members (excludes halogenated alkanes) is 1. The summed E-state index contributed by atoms with van der Waals surface area (Å²) in [4.78, 5) is 0. The van der Waals surface area contributed by atoms with Crippen LogP contribution in [-0.2, 0) is 12.8 Å². The summed E-state index contributed by atoms with van der Waals surface area (Å²) in [5, 5.41) is 0. The maximum absolute atomic E-state index is 5.14. The molecule has 0 unspecified atom stereocenters. The van der Waals surface area contributed by atoms with E-state index in [1.165, 1.54) is 30.4 Å². The quantitative estimate of drug-likeness (QED) is 0.628. The molecule has 1 nitrogen and oxygen atoms in total. The van der Waals surface area contributed by atoms with Crippen molar-refractivity contribution < 1.29 is 4.74 Å². The first-order valence-corrected chi connectivity index (χ1v) is 8.47. The molecular formula is C21H32O. The van der Waals surface area contributed by atoms with Gasteiger partial charge < -0.3 is 4.74 Å². The summed E-state index contributed by atoms with van der Waals surface area (Å²) < 4.78 is 5.14. The van der Waals surface area contributed by atoms with E-state index in [4.69, 9.17) is 4.74 Å². The van der Waals surface area contributed by atoms with Gasteiger partial charge in [-0.05, 0) is 36.5 Å². The second kappa shape index (κ2) is 14.2. The lowest BCUT2D eigenvalue weighted by atomic mass is 10.1. The second-order valence-corrected chi connectivity index (χ2v) is 4.75. The van der Waals surface area contributed by atoms with E-state index in [1.807, 2.05) is 32.0 Å². The van der Waals surface area contributed by atoms with E-state index in [9.17, 15) is 0 Å². The van der Waals surface area contributed by atoms with E-state index in [-0.39, 0.29) is 0 Å². The highest BCUT2D eigenvalue weighted by atomic mass is 16.5. The van der Waals surface area contributed by atoms with Crippen molar-refractivity contribution in [3.8, 4) is 5.75 Å². The Kier molecular flexibility index (Phi) is 13.1. The van der Waals surface area contributed by atoms with Gasteiger partial charge >= 0.3 is 0 Å². The summed E-state index contributed by atoms with van der Waals surface area (Å²) in [6.07, 6.45) is 4.86. The minimum Gasteiger partial charge on any atom is -0.496 e. The van der Waals surface area contributed by atoms with Crippen molar-refractivity contribution in [2.45, 2.75) is 53.4 Å². The smallest absolute Gasteiger partial charge is 0.122 e. The summed E-state index contributed by atoms with van der Waals surface area (Å²) >= 11 is 0. The average molecular weight is 300 g/mol. The molecule has 0 aromatic heterocycles. The monoisotopic (exact) mass is 300 g/mol. The molecule has 22 heavy (non-hydrogen) atoms. The predicted molar refractivity (Wildman–Crippen MR) is 98.8 cm³/mol. The Labute approximate surface area is 137 Å². The van der Waals surface area contributed by atoms with Crippen LogP contribution in [0.1, 0.15) is 51.7 Å². The zero-order valence-electron chi connectivity index (χ0n) is 14.9. The zero-order chi connectivity index (χ0) is 16.6. The van der Waals surface area contributed by atoms with E-state index in [0.717, 1.165) is 12.2 Å². The van der Waals surface area contributed by atoms with Crippen LogP contribution in [0.25, 0.3) is 0 Å². The maximum atomic E-state index is 5.14. The van der Waals surface area contributed by atoms with Crippen molar-refractivity contribution in [3.63, 3.8) is 0 Å². The van der Waals surface area contributed by atoms with Crippen LogP contribution < -0.4 is 4.74 Å². The Bertz CT molecular complexity index is 439. The van der Waals surface area contributed by atoms with Gasteiger partial charge in [0.05, 0.1) is 7.11 Å². The van der Waals surface area contributed by atoms with Gasteiger partial charge in [-0.1, -0.05) is 82.6 Å². The maximum Gasteiger partial charge on any atom is 0.122 e. The van der Waals surface area contributed by atoms with Gasteiger partial charge in [0.1, 0.15) is 5.75 Å².